The van der Waals surface area contributed by atoms with Crippen molar-refractivity contribution in [2.75, 3.05) is 13.1 Å². The van der Waals surface area contributed by atoms with Gasteiger partial charge in [-0.1, -0.05) is 51.7 Å². The summed E-state index contributed by atoms with van der Waals surface area (Å²) in [6, 6.07) is 0.668. The zero-order valence-electron chi connectivity index (χ0n) is 22.8. The van der Waals surface area contributed by atoms with Crippen LogP contribution in [-0.4, -0.2) is 29.6 Å². The minimum Gasteiger partial charge on any atom is -0.329 e. The summed E-state index contributed by atoms with van der Waals surface area (Å²) in [5.41, 5.74) is 10.7. The van der Waals surface area contributed by atoms with E-state index in [0.29, 0.717) is 11.5 Å². The van der Waals surface area contributed by atoms with Crippen molar-refractivity contribution in [2.45, 2.75) is 124 Å². The Hall–Kier alpha value is -0.340. The topological polar surface area (TPSA) is 29.3 Å². The molecular formula is C31H54N2. The van der Waals surface area contributed by atoms with Gasteiger partial charge in [0.05, 0.1) is 0 Å². The van der Waals surface area contributed by atoms with Crippen molar-refractivity contribution < 1.29 is 0 Å². The van der Waals surface area contributed by atoms with Crippen molar-refractivity contribution in [2.24, 2.45) is 52.6 Å². The van der Waals surface area contributed by atoms with E-state index in [1.807, 2.05) is 5.57 Å². The van der Waals surface area contributed by atoms with Crippen molar-refractivity contribution in [1.82, 2.24) is 4.90 Å². The molecule has 0 radical (unpaired) electrons. The monoisotopic (exact) mass is 454 g/mol. The van der Waals surface area contributed by atoms with E-state index >= 15 is 0 Å². The Balaban J connectivity index is 1.33. The predicted molar refractivity (Wildman–Crippen MR) is 141 cm³/mol. The summed E-state index contributed by atoms with van der Waals surface area (Å²) in [6.07, 6.45) is 15.9. The molecule has 0 heterocycles. The van der Waals surface area contributed by atoms with Gasteiger partial charge in [-0.2, -0.15) is 0 Å². The number of fused-ring (bicyclic) bond motifs is 3. The minimum atomic E-state index is 0.242. The van der Waals surface area contributed by atoms with Crippen molar-refractivity contribution in [1.29, 1.82) is 0 Å². The average Bonchev–Trinajstić information content (AvgIpc) is 3.02. The number of allylic oxidation sites excluding steroid dienone is 1. The zero-order chi connectivity index (χ0) is 23.5. The molecule has 8 atom stereocenters. The Morgan fingerprint density at radius 2 is 1.76 bits per heavy atom. The van der Waals surface area contributed by atoms with E-state index < -0.39 is 0 Å². The van der Waals surface area contributed by atoms with Crippen LogP contribution >= 0.6 is 0 Å². The number of nitrogens with zero attached hydrogens (tertiary/aromatic N) is 1. The van der Waals surface area contributed by atoms with E-state index in [4.69, 9.17) is 5.73 Å². The van der Waals surface area contributed by atoms with E-state index in [0.717, 1.165) is 54.5 Å². The molecule has 5 aliphatic rings. The summed E-state index contributed by atoms with van der Waals surface area (Å²) < 4.78 is 0. The van der Waals surface area contributed by atoms with E-state index in [2.05, 4.69) is 46.4 Å². The van der Waals surface area contributed by atoms with E-state index in [1.54, 1.807) is 5.57 Å². The minimum absolute atomic E-state index is 0.242. The second-order valence-corrected chi connectivity index (χ2v) is 14.1. The number of rotatable bonds is 8. The molecule has 5 aliphatic carbocycles. The smallest absolute Gasteiger partial charge is 0.0225 e. The number of nitrogens with two attached hydrogens (primary N) is 1. The van der Waals surface area contributed by atoms with Gasteiger partial charge in [-0.05, 0) is 113 Å². The normalized spacial score (nSPS) is 39.3. The van der Waals surface area contributed by atoms with Gasteiger partial charge in [0, 0.05) is 30.6 Å². The Bertz CT molecular complexity index is 748. The molecule has 2 heteroatoms. The summed E-state index contributed by atoms with van der Waals surface area (Å²) in [7, 11) is 0. The van der Waals surface area contributed by atoms with Crippen LogP contribution in [0.1, 0.15) is 112 Å². The van der Waals surface area contributed by atoms with Crippen LogP contribution in [0.15, 0.2) is 11.1 Å². The highest BCUT2D eigenvalue weighted by Gasteiger charge is 2.57. The average molecular weight is 455 g/mol. The van der Waals surface area contributed by atoms with Crippen LogP contribution in [0.25, 0.3) is 0 Å². The van der Waals surface area contributed by atoms with Gasteiger partial charge in [0.1, 0.15) is 0 Å². The SMILES string of the molecule is CCC(C(C)C1CCC2C3CCCCC3C(C)(C)C2C1)N(CCN)C(C)(C)C1CC2=C1CC2. The molecule has 0 aromatic carbocycles. The van der Waals surface area contributed by atoms with Gasteiger partial charge < -0.3 is 5.73 Å². The fourth-order valence-corrected chi connectivity index (χ4v) is 10.4. The van der Waals surface area contributed by atoms with Crippen molar-refractivity contribution in [3.05, 3.63) is 11.1 Å². The van der Waals surface area contributed by atoms with E-state index in [1.165, 1.54) is 70.6 Å². The fourth-order valence-electron chi connectivity index (χ4n) is 10.4. The lowest BCUT2D eigenvalue weighted by atomic mass is 9.58. The van der Waals surface area contributed by atoms with E-state index in [-0.39, 0.29) is 5.54 Å². The van der Waals surface area contributed by atoms with Gasteiger partial charge in [0.2, 0.25) is 0 Å². The maximum atomic E-state index is 6.25. The lowest BCUT2D eigenvalue weighted by Gasteiger charge is -2.57. The van der Waals surface area contributed by atoms with Crippen molar-refractivity contribution in [3.8, 4) is 0 Å². The molecule has 3 saturated carbocycles. The fraction of sp³-hybridized carbons (Fsp3) is 0.935. The first kappa shape index (κ1) is 24.4. The van der Waals surface area contributed by atoms with Gasteiger partial charge in [-0.3, -0.25) is 4.90 Å². The molecule has 0 aromatic heterocycles. The summed E-state index contributed by atoms with van der Waals surface area (Å²) in [6.45, 7) is 17.3. The molecule has 0 aromatic rings. The molecule has 8 unspecified atom stereocenters. The molecule has 3 fully saturated rings. The molecule has 0 amide bonds. The Morgan fingerprint density at radius 3 is 2.36 bits per heavy atom. The standard InChI is InChI=1S/C31H54N2/c1-7-29(33(17-16-32)31(5,6)28-19-22-13-14-23(22)28)20(2)21-12-15-25-24-10-8-9-11-26(24)30(3,4)27(25)18-21/h20-21,24-29H,7-19,32H2,1-6H3. The van der Waals surface area contributed by atoms with Gasteiger partial charge in [0.15, 0.2) is 0 Å². The lowest BCUT2D eigenvalue weighted by Crippen LogP contribution is -2.60. The Morgan fingerprint density at radius 1 is 1.03 bits per heavy atom. The Kier molecular flexibility index (Phi) is 6.61. The van der Waals surface area contributed by atoms with Crippen LogP contribution < -0.4 is 5.73 Å². The summed E-state index contributed by atoms with van der Waals surface area (Å²) in [4.78, 5) is 2.90. The van der Waals surface area contributed by atoms with Crippen LogP contribution in [0, 0.1) is 46.8 Å². The first-order valence-corrected chi connectivity index (χ1v) is 14.9. The highest BCUT2D eigenvalue weighted by atomic mass is 15.2. The first-order chi connectivity index (χ1) is 15.7. The molecule has 0 spiro atoms. The molecule has 188 valence electrons. The quantitative estimate of drug-likeness (QED) is 0.386. The maximum absolute atomic E-state index is 6.25. The zero-order valence-corrected chi connectivity index (χ0v) is 22.8. The van der Waals surface area contributed by atoms with Crippen molar-refractivity contribution in [3.63, 3.8) is 0 Å². The van der Waals surface area contributed by atoms with Gasteiger partial charge >= 0.3 is 0 Å². The molecule has 5 rings (SSSR count). The van der Waals surface area contributed by atoms with Crippen LogP contribution in [0.4, 0.5) is 0 Å². The summed E-state index contributed by atoms with van der Waals surface area (Å²) >= 11 is 0. The first-order valence-electron chi connectivity index (χ1n) is 14.9. The summed E-state index contributed by atoms with van der Waals surface area (Å²) in [5.74, 6) is 6.50. The predicted octanol–water partition coefficient (Wildman–Crippen LogP) is 7.43. The molecule has 0 saturated heterocycles. The third-order valence-corrected chi connectivity index (χ3v) is 12.4. The molecule has 33 heavy (non-hydrogen) atoms. The number of hydrogen-bond donors (Lipinski definition) is 1. The third-order valence-electron chi connectivity index (χ3n) is 12.4. The van der Waals surface area contributed by atoms with Crippen LogP contribution in [0.2, 0.25) is 0 Å². The molecular weight excluding hydrogens is 400 g/mol. The van der Waals surface area contributed by atoms with Crippen LogP contribution in [0.5, 0.6) is 0 Å². The lowest BCUT2D eigenvalue weighted by molar-refractivity contribution is -0.0230. The third kappa shape index (κ3) is 3.80. The Labute approximate surface area is 205 Å². The molecule has 2 N–H and O–H groups in total. The van der Waals surface area contributed by atoms with Gasteiger partial charge in [-0.15, -0.1) is 0 Å². The largest absolute Gasteiger partial charge is 0.329 e. The van der Waals surface area contributed by atoms with Gasteiger partial charge in [0.25, 0.3) is 0 Å². The maximum Gasteiger partial charge on any atom is 0.0225 e. The second-order valence-electron chi connectivity index (χ2n) is 14.1. The van der Waals surface area contributed by atoms with Gasteiger partial charge in [-0.25, -0.2) is 0 Å². The molecule has 0 aliphatic heterocycles. The van der Waals surface area contributed by atoms with E-state index in [9.17, 15) is 0 Å². The highest BCUT2D eigenvalue weighted by molar-refractivity contribution is 5.39. The highest BCUT2D eigenvalue weighted by Crippen LogP contribution is 2.64. The van der Waals surface area contributed by atoms with Crippen molar-refractivity contribution >= 4 is 0 Å². The summed E-state index contributed by atoms with van der Waals surface area (Å²) in [5, 5.41) is 0. The second kappa shape index (κ2) is 8.95. The molecule has 2 nitrogen and oxygen atoms in total. The van der Waals surface area contributed by atoms with Crippen LogP contribution in [0.3, 0.4) is 0 Å². The van der Waals surface area contributed by atoms with Crippen LogP contribution in [-0.2, 0) is 0 Å². The number of hydrogen-bond acceptors (Lipinski definition) is 2. The molecule has 0 bridgehead atoms.